The van der Waals surface area contributed by atoms with Crippen molar-refractivity contribution in [1.82, 2.24) is 0 Å². The Labute approximate surface area is 55.0 Å². The Morgan fingerprint density at radius 2 is 2.38 bits per heavy atom. The van der Waals surface area contributed by atoms with Gasteiger partial charge in [0.15, 0.2) is 0 Å². The lowest BCUT2D eigenvalue weighted by Crippen LogP contribution is -2.26. The van der Waals surface area contributed by atoms with Crippen LogP contribution < -0.4 is 0 Å². The summed E-state index contributed by atoms with van der Waals surface area (Å²) in [6, 6.07) is 0. The highest BCUT2D eigenvalue weighted by Gasteiger charge is 2.18. The van der Waals surface area contributed by atoms with Crippen molar-refractivity contribution >= 4 is 11.6 Å². The minimum absolute atomic E-state index is 0.253. The van der Waals surface area contributed by atoms with Crippen molar-refractivity contribution in [3.63, 3.8) is 0 Å². The molecule has 1 aliphatic rings. The summed E-state index contributed by atoms with van der Waals surface area (Å²) in [5, 5.41) is 0.253. The van der Waals surface area contributed by atoms with Gasteiger partial charge in [-0.1, -0.05) is 0 Å². The third kappa shape index (κ3) is 1.36. The van der Waals surface area contributed by atoms with E-state index in [2.05, 4.69) is 0 Å². The number of halogens is 1. The first-order valence-corrected chi connectivity index (χ1v) is 3.50. The topological polar surface area (TPSA) is 9.23 Å². The smallest absolute Gasteiger partial charge is 0.0710 e. The lowest BCUT2D eigenvalue weighted by atomic mass is 10.1. The first-order valence-electron chi connectivity index (χ1n) is 3.06. The van der Waals surface area contributed by atoms with Gasteiger partial charge >= 0.3 is 0 Å². The Morgan fingerprint density at radius 3 is 2.75 bits per heavy atom. The maximum absolute atomic E-state index is 5.84. The van der Waals surface area contributed by atoms with E-state index < -0.39 is 0 Å². The summed E-state index contributed by atoms with van der Waals surface area (Å²) < 4.78 is 5.26. The predicted octanol–water partition coefficient (Wildman–Crippen LogP) is 1.79. The third-order valence-corrected chi connectivity index (χ3v) is 2.09. The van der Waals surface area contributed by atoms with E-state index >= 15 is 0 Å². The van der Waals surface area contributed by atoms with Crippen LogP contribution in [0.5, 0.6) is 0 Å². The molecule has 1 heterocycles. The second kappa shape index (κ2) is 2.70. The Balaban J connectivity index is 2.28. The van der Waals surface area contributed by atoms with Gasteiger partial charge in [-0.3, -0.25) is 0 Å². The van der Waals surface area contributed by atoms with E-state index in [1.165, 1.54) is 0 Å². The Morgan fingerprint density at radius 1 is 1.62 bits per heavy atom. The molecule has 2 atom stereocenters. The lowest BCUT2D eigenvalue weighted by molar-refractivity contribution is 0.0318. The number of rotatable bonds is 0. The van der Waals surface area contributed by atoms with Crippen molar-refractivity contribution in [2.24, 2.45) is 0 Å². The molecule has 1 rings (SSSR count). The molecular weight excluding hydrogens is 124 g/mol. The van der Waals surface area contributed by atoms with E-state index in [-0.39, 0.29) is 11.5 Å². The van der Waals surface area contributed by atoms with Gasteiger partial charge in [0.05, 0.1) is 11.5 Å². The average Bonchev–Trinajstić information content (AvgIpc) is 1.77. The molecule has 1 nitrogen and oxygen atoms in total. The molecule has 1 aliphatic heterocycles. The maximum Gasteiger partial charge on any atom is 0.0710 e. The van der Waals surface area contributed by atoms with Crippen LogP contribution in [0.4, 0.5) is 0 Å². The van der Waals surface area contributed by atoms with Crippen molar-refractivity contribution in [3.05, 3.63) is 0 Å². The lowest BCUT2D eigenvalue weighted by Gasteiger charge is -2.23. The molecule has 0 amide bonds. The van der Waals surface area contributed by atoms with Gasteiger partial charge in [0, 0.05) is 6.61 Å². The molecule has 0 aliphatic carbocycles. The predicted molar refractivity (Wildman–Crippen MR) is 34.3 cm³/mol. The van der Waals surface area contributed by atoms with E-state index in [0.29, 0.717) is 0 Å². The molecule has 0 unspecified atom stereocenters. The molecule has 8 heavy (non-hydrogen) atoms. The fraction of sp³-hybridized carbons (Fsp3) is 1.00. The summed E-state index contributed by atoms with van der Waals surface area (Å²) in [6.45, 7) is 2.92. The molecule has 2 heteroatoms. The minimum Gasteiger partial charge on any atom is -0.377 e. The summed E-state index contributed by atoms with van der Waals surface area (Å²) in [6.07, 6.45) is 2.51. The molecule has 0 bridgehead atoms. The Kier molecular flexibility index (Phi) is 2.15. The number of hydrogen-bond acceptors (Lipinski definition) is 1. The fourth-order valence-corrected chi connectivity index (χ4v) is 1.11. The normalized spacial score (nSPS) is 39.8. The van der Waals surface area contributed by atoms with Gasteiger partial charge in [0.2, 0.25) is 0 Å². The van der Waals surface area contributed by atoms with Crippen molar-refractivity contribution in [3.8, 4) is 0 Å². The van der Waals surface area contributed by atoms with E-state index in [9.17, 15) is 0 Å². The van der Waals surface area contributed by atoms with Gasteiger partial charge in [-0.15, -0.1) is 11.6 Å². The first-order chi connectivity index (χ1) is 3.80. The molecule has 0 aromatic rings. The summed E-state index contributed by atoms with van der Waals surface area (Å²) in [5.74, 6) is 0. The first kappa shape index (κ1) is 6.37. The van der Waals surface area contributed by atoms with E-state index in [4.69, 9.17) is 16.3 Å². The molecule has 0 saturated carbocycles. The standard InChI is InChI=1S/C6H11ClO/c1-5-6(7)3-2-4-8-5/h5-6H,2-4H2,1H3/t5-,6+/m0/s1. The summed E-state index contributed by atoms with van der Waals surface area (Å²) >= 11 is 5.84. The van der Waals surface area contributed by atoms with Crippen LogP contribution in [-0.2, 0) is 4.74 Å². The Bertz CT molecular complexity index is 64.9. The van der Waals surface area contributed by atoms with Crippen LogP contribution in [0.3, 0.4) is 0 Å². The molecule has 1 saturated heterocycles. The van der Waals surface area contributed by atoms with E-state index in [1.807, 2.05) is 6.92 Å². The highest BCUT2D eigenvalue weighted by atomic mass is 35.5. The number of hydrogen-bond donors (Lipinski definition) is 0. The summed E-state index contributed by atoms with van der Waals surface area (Å²) in [4.78, 5) is 0. The van der Waals surface area contributed by atoms with Gasteiger partial charge in [0.25, 0.3) is 0 Å². The summed E-state index contributed by atoms with van der Waals surface area (Å²) in [7, 11) is 0. The molecular formula is C6H11ClO. The minimum atomic E-state index is 0.253. The number of ether oxygens (including phenoxy) is 1. The average molecular weight is 135 g/mol. The van der Waals surface area contributed by atoms with Crippen LogP contribution in [0.15, 0.2) is 0 Å². The molecule has 0 aromatic carbocycles. The summed E-state index contributed by atoms with van der Waals surface area (Å²) in [5.41, 5.74) is 0. The number of alkyl halides is 1. The maximum atomic E-state index is 5.84. The zero-order valence-electron chi connectivity index (χ0n) is 5.06. The highest BCUT2D eigenvalue weighted by molar-refractivity contribution is 6.21. The van der Waals surface area contributed by atoms with E-state index in [1.54, 1.807) is 0 Å². The Hall–Kier alpha value is 0.250. The van der Waals surface area contributed by atoms with Crippen LogP contribution in [0.2, 0.25) is 0 Å². The van der Waals surface area contributed by atoms with Crippen molar-refractivity contribution in [2.45, 2.75) is 31.2 Å². The van der Waals surface area contributed by atoms with Crippen molar-refractivity contribution in [1.29, 1.82) is 0 Å². The second-order valence-electron chi connectivity index (χ2n) is 2.23. The molecule has 48 valence electrons. The SMILES string of the molecule is C[C@@H]1OCCC[C@H]1Cl. The van der Waals surface area contributed by atoms with Gasteiger partial charge in [-0.25, -0.2) is 0 Å². The van der Waals surface area contributed by atoms with E-state index in [0.717, 1.165) is 19.4 Å². The zero-order chi connectivity index (χ0) is 5.98. The van der Waals surface area contributed by atoms with Crippen LogP contribution >= 0.6 is 11.6 Å². The molecule has 0 radical (unpaired) electrons. The van der Waals surface area contributed by atoms with Gasteiger partial charge < -0.3 is 4.74 Å². The molecule has 0 spiro atoms. The van der Waals surface area contributed by atoms with Crippen LogP contribution in [0.25, 0.3) is 0 Å². The highest BCUT2D eigenvalue weighted by Crippen LogP contribution is 2.18. The zero-order valence-corrected chi connectivity index (χ0v) is 5.82. The second-order valence-corrected chi connectivity index (χ2v) is 2.79. The van der Waals surface area contributed by atoms with Crippen LogP contribution in [-0.4, -0.2) is 18.1 Å². The molecule has 0 aromatic heterocycles. The van der Waals surface area contributed by atoms with Crippen molar-refractivity contribution in [2.75, 3.05) is 6.61 Å². The third-order valence-electron chi connectivity index (χ3n) is 1.51. The quantitative estimate of drug-likeness (QED) is 0.459. The molecule has 0 N–H and O–H groups in total. The van der Waals surface area contributed by atoms with Gasteiger partial charge in [-0.05, 0) is 19.8 Å². The van der Waals surface area contributed by atoms with Crippen LogP contribution in [0.1, 0.15) is 19.8 Å². The van der Waals surface area contributed by atoms with Gasteiger partial charge in [-0.2, -0.15) is 0 Å². The van der Waals surface area contributed by atoms with Crippen molar-refractivity contribution < 1.29 is 4.74 Å². The monoisotopic (exact) mass is 134 g/mol. The van der Waals surface area contributed by atoms with Crippen LogP contribution in [0, 0.1) is 0 Å². The fourth-order valence-electron chi connectivity index (χ4n) is 0.887. The molecule has 1 fully saturated rings. The van der Waals surface area contributed by atoms with Gasteiger partial charge in [0.1, 0.15) is 0 Å². The largest absolute Gasteiger partial charge is 0.377 e.